The minimum Gasteiger partial charge on any atom is -0.381 e. The average molecular weight is 255 g/mol. The molecule has 0 saturated carbocycles. The number of nitrogens with one attached hydrogen (secondary N) is 1. The first-order valence-electron chi connectivity index (χ1n) is 5.74. The minimum atomic E-state index is -0.165. The quantitative estimate of drug-likeness (QED) is 0.835. The molecule has 2 heterocycles. The van der Waals surface area contributed by atoms with Gasteiger partial charge in [-0.25, -0.2) is 4.98 Å². The van der Waals surface area contributed by atoms with Gasteiger partial charge in [0, 0.05) is 26.0 Å². The van der Waals surface area contributed by atoms with E-state index < -0.39 is 0 Å². The molecule has 1 N–H and O–H groups in total. The Labute approximate surface area is 105 Å². The van der Waals surface area contributed by atoms with Crippen LogP contribution in [0.5, 0.6) is 0 Å². The number of nitrogens with zero attached hydrogens (tertiary/aromatic N) is 1. The van der Waals surface area contributed by atoms with Crippen molar-refractivity contribution in [3.05, 3.63) is 29.0 Å². The number of hydrogen-bond donors (Lipinski definition) is 1. The van der Waals surface area contributed by atoms with Crippen molar-refractivity contribution >= 4 is 17.5 Å². The third-order valence-electron chi connectivity index (χ3n) is 2.87. The van der Waals surface area contributed by atoms with Crippen molar-refractivity contribution in [3.8, 4) is 0 Å². The molecule has 0 aliphatic carbocycles. The summed E-state index contributed by atoms with van der Waals surface area (Å²) in [7, 11) is 0. The van der Waals surface area contributed by atoms with Crippen LogP contribution in [0.2, 0.25) is 5.15 Å². The summed E-state index contributed by atoms with van der Waals surface area (Å²) in [5.41, 5.74) is 0.428. The lowest BCUT2D eigenvalue weighted by molar-refractivity contribution is 0.0950. The maximum absolute atomic E-state index is 11.8. The van der Waals surface area contributed by atoms with Crippen molar-refractivity contribution in [2.45, 2.75) is 12.8 Å². The first-order valence-corrected chi connectivity index (χ1v) is 6.11. The van der Waals surface area contributed by atoms with Gasteiger partial charge < -0.3 is 10.1 Å². The molecule has 5 heteroatoms. The summed E-state index contributed by atoms with van der Waals surface area (Å²) in [6.07, 6.45) is 3.60. The van der Waals surface area contributed by atoms with E-state index >= 15 is 0 Å². The van der Waals surface area contributed by atoms with E-state index in [0.717, 1.165) is 26.1 Å². The van der Waals surface area contributed by atoms with Gasteiger partial charge in [-0.2, -0.15) is 0 Å². The molecule has 0 bridgehead atoms. The molecule has 0 radical (unpaired) electrons. The lowest BCUT2D eigenvalue weighted by Crippen LogP contribution is -2.26. The van der Waals surface area contributed by atoms with Crippen molar-refractivity contribution in [2.75, 3.05) is 19.8 Å². The number of amides is 1. The number of halogens is 1. The number of carbonyl (C=O) groups is 1. The van der Waals surface area contributed by atoms with E-state index in [0.29, 0.717) is 18.0 Å². The molecule has 1 aromatic rings. The first-order chi connectivity index (χ1) is 8.27. The summed E-state index contributed by atoms with van der Waals surface area (Å²) in [5.74, 6) is 0.404. The van der Waals surface area contributed by atoms with E-state index in [9.17, 15) is 4.79 Å². The Balaban J connectivity index is 1.79. The summed E-state index contributed by atoms with van der Waals surface area (Å²) in [6, 6.07) is 3.37. The van der Waals surface area contributed by atoms with E-state index in [1.54, 1.807) is 18.3 Å². The highest BCUT2D eigenvalue weighted by molar-refractivity contribution is 6.32. The number of carbonyl (C=O) groups excluding carboxylic acids is 1. The van der Waals surface area contributed by atoms with Gasteiger partial charge in [0.05, 0.1) is 5.56 Å². The molecular weight excluding hydrogens is 240 g/mol. The Morgan fingerprint density at radius 2 is 2.53 bits per heavy atom. The Hall–Kier alpha value is -1.13. The zero-order valence-corrected chi connectivity index (χ0v) is 10.2. The molecule has 1 aromatic heterocycles. The zero-order chi connectivity index (χ0) is 12.1. The maximum atomic E-state index is 11.8. The first kappa shape index (κ1) is 12.3. The van der Waals surface area contributed by atoms with Crippen molar-refractivity contribution in [3.63, 3.8) is 0 Å². The number of rotatable bonds is 4. The molecule has 0 aromatic carbocycles. The second kappa shape index (κ2) is 5.98. The van der Waals surface area contributed by atoms with Crippen molar-refractivity contribution in [1.82, 2.24) is 10.3 Å². The van der Waals surface area contributed by atoms with Crippen molar-refractivity contribution < 1.29 is 9.53 Å². The lowest BCUT2D eigenvalue weighted by atomic mass is 10.1. The highest BCUT2D eigenvalue weighted by Crippen LogP contribution is 2.15. The normalized spacial score (nSPS) is 19.2. The minimum absolute atomic E-state index is 0.165. The standard InChI is InChI=1S/C12H15ClN2O2/c13-11-10(2-1-5-14-11)12(16)15-6-3-9-4-7-17-8-9/h1-2,5,9H,3-4,6-8H2,(H,15,16). The van der Waals surface area contributed by atoms with Crippen LogP contribution in [0.15, 0.2) is 18.3 Å². The van der Waals surface area contributed by atoms with Crippen molar-refractivity contribution in [1.29, 1.82) is 0 Å². The van der Waals surface area contributed by atoms with Gasteiger partial charge in [0.25, 0.3) is 5.91 Å². The molecule has 1 atom stereocenters. The number of hydrogen-bond acceptors (Lipinski definition) is 3. The third kappa shape index (κ3) is 3.41. The van der Waals surface area contributed by atoms with Crippen LogP contribution < -0.4 is 5.32 Å². The van der Waals surface area contributed by atoms with E-state index in [1.165, 1.54) is 0 Å². The molecule has 1 aliphatic rings. The fraction of sp³-hybridized carbons (Fsp3) is 0.500. The van der Waals surface area contributed by atoms with Gasteiger partial charge in [-0.1, -0.05) is 11.6 Å². The van der Waals surface area contributed by atoms with E-state index in [2.05, 4.69) is 10.3 Å². The molecule has 1 aliphatic heterocycles. The Morgan fingerprint density at radius 3 is 3.24 bits per heavy atom. The van der Waals surface area contributed by atoms with Crippen LogP contribution in [-0.4, -0.2) is 30.6 Å². The van der Waals surface area contributed by atoms with Crippen LogP contribution in [0, 0.1) is 5.92 Å². The molecule has 92 valence electrons. The summed E-state index contributed by atoms with van der Waals surface area (Å²) in [5, 5.41) is 3.09. The highest BCUT2D eigenvalue weighted by atomic mass is 35.5. The summed E-state index contributed by atoms with van der Waals surface area (Å²) >= 11 is 5.83. The Kier molecular flexibility index (Phi) is 4.34. The predicted molar refractivity (Wildman–Crippen MR) is 65.1 cm³/mol. The summed E-state index contributed by atoms with van der Waals surface area (Å²) in [4.78, 5) is 15.6. The van der Waals surface area contributed by atoms with Crippen LogP contribution in [0.25, 0.3) is 0 Å². The lowest BCUT2D eigenvalue weighted by Gasteiger charge is -2.09. The Bertz CT molecular complexity index is 392. The molecule has 1 fully saturated rings. The second-order valence-corrected chi connectivity index (χ2v) is 4.47. The van der Waals surface area contributed by atoms with Crippen LogP contribution >= 0.6 is 11.6 Å². The SMILES string of the molecule is O=C(NCCC1CCOC1)c1cccnc1Cl. The summed E-state index contributed by atoms with van der Waals surface area (Å²) < 4.78 is 5.27. The van der Waals surface area contributed by atoms with Crippen molar-refractivity contribution in [2.24, 2.45) is 5.92 Å². The third-order valence-corrected chi connectivity index (χ3v) is 3.17. The smallest absolute Gasteiger partial charge is 0.254 e. The van der Waals surface area contributed by atoms with Gasteiger partial charge in [-0.05, 0) is 30.9 Å². The Morgan fingerprint density at radius 1 is 1.65 bits per heavy atom. The monoisotopic (exact) mass is 254 g/mol. The van der Waals surface area contributed by atoms with Gasteiger partial charge in [0.2, 0.25) is 0 Å². The molecule has 0 spiro atoms. The number of aromatic nitrogens is 1. The van der Waals surface area contributed by atoms with Crippen LogP contribution in [0.4, 0.5) is 0 Å². The van der Waals surface area contributed by atoms with Crippen LogP contribution in [0.3, 0.4) is 0 Å². The highest BCUT2D eigenvalue weighted by Gasteiger charge is 2.16. The average Bonchev–Trinajstić information content (AvgIpc) is 2.82. The van der Waals surface area contributed by atoms with E-state index in [1.807, 2.05) is 0 Å². The number of pyridine rings is 1. The molecule has 1 amide bonds. The second-order valence-electron chi connectivity index (χ2n) is 4.12. The molecule has 17 heavy (non-hydrogen) atoms. The van der Waals surface area contributed by atoms with Gasteiger partial charge in [-0.3, -0.25) is 4.79 Å². The fourth-order valence-corrected chi connectivity index (χ4v) is 2.06. The molecular formula is C12H15ClN2O2. The molecule has 2 rings (SSSR count). The van der Waals surface area contributed by atoms with E-state index in [-0.39, 0.29) is 11.1 Å². The van der Waals surface area contributed by atoms with Crippen LogP contribution in [0.1, 0.15) is 23.2 Å². The van der Waals surface area contributed by atoms with E-state index in [4.69, 9.17) is 16.3 Å². The number of ether oxygens (including phenoxy) is 1. The predicted octanol–water partition coefficient (Wildman–Crippen LogP) is 1.89. The zero-order valence-electron chi connectivity index (χ0n) is 9.49. The molecule has 4 nitrogen and oxygen atoms in total. The topological polar surface area (TPSA) is 51.2 Å². The molecule has 1 unspecified atom stereocenters. The fourth-order valence-electron chi connectivity index (χ4n) is 1.85. The van der Waals surface area contributed by atoms with Gasteiger partial charge in [0.15, 0.2) is 0 Å². The molecule has 1 saturated heterocycles. The van der Waals surface area contributed by atoms with Gasteiger partial charge in [0.1, 0.15) is 5.15 Å². The van der Waals surface area contributed by atoms with Crippen LogP contribution in [-0.2, 0) is 4.74 Å². The van der Waals surface area contributed by atoms with Gasteiger partial charge in [-0.15, -0.1) is 0 Å². The largest absolute Gasteiger partial charge is 0.381 e. The van der Waals surface area contributed by atoms with Gasteiger partial charge >= 0.3 is 0 Å². The summed E-state index contributed by atoms with van der Waals surface area (Å²) in [6.45, 7) is 2.30. The maximum Gasteiger partial charge on any atom is 0.254 e.